The molecule has 3 fully saturated rings. The molecule has 0 radical (unpaired) electrons. The van der Waals surface area contributed by atoms with Gasteiger partial charge in [-0.15, -0.1) is 24.0 Å². The van der Waals surface area contributed by atoms with Gasteiger partial charge >= 0.3 is 0 Å². The molecule has 7 heteroatoms. The fourth-order valence-electron chi connectivity index (χ4n) is 4.30. The first-order valence-corrected chi connectivity index (χ1v) is 9.00. The maximum absolute atomic E-state index is 13.6. The van der Waals surface area contributed by atoms with Crippen LogP contribution < -0.4 is 5.32 Å². The van der Waals surface area contributed by atoms with Gasteiger partial charge in [0.2, 0.25) is 0 Å². The van der Waals surface area contributed by atoms with Crippen molar-refractivity contribution in [1.29, 1.82) is 0 Å². The van der Waals surface area contributed by atoms with Gasteiger partial charge in [0.05, 0.1) is 16.7 Å². The van der Waals surface area contributed by atoms with Crippen LogP contribution in [0.3, 0.4) is 0 Å². The quantitative estimate of drug-likeness (QED) is 0.377. The Hall–Kier alpha value is -0.410. The summed E-state index contributed by atoms with van der Waals surface area (Å²) in [6.07, 6.45) is 3.33. The number of ether oxygens (including phenoxy) is 1. The van der Waals surface area contributed by atoms with E-state index < -0.39 is 0 Å². The molecule has 1 N–H and O–H groups in total. The molecule has 132 valence electrons. The van der Waals surface area contributed by atoms with Gasteiger partial charge in [-0.3, -0.25) is 4.99 Å². The number of nitrogens with one attached hydrogen (secondary N) is 1. The van der Waals surface area contributed by atoms with Gasteiger partial charge in [0.25, 0.3) is 0 Å². The molecule has 4 atom stereocenters. The molecule has 3 aliphatic rings. The highest BCUT2D eigenvalue weighted by Crippen LogP contribution is 2.47. The number of aliphatic imine (C=N–C) groups is 1. The standard InChI is InChI=1S/C17H21BrFN3O.HI/c1-20-17(21-7-10-2-3-13(18)14(19)6-10)22-8-11-12(9-22)16-5-4-15(11)23-16;/h2-3,6,11-12,15-16H,4-5,7-9H2,1H3,(H,20,21);1H. The summed E-state index contributed by atoms with van der Waals surface area (Å²) in [5, 5.41) is 3.37. The second-order valence-electron chi connectivity index (χ2n) is 6.67. The van der Waals surface area contributed by atoms with Crippen LogP contribution in [0.4, 0.5) is 4.39 Å². The van der Waals surface area contributed by atoms with Gasteiger partial charge in [-0.05, 0) is 46.5 Å². The predicted octanol–water partition coefficient (Wildman–Crippen LogP) is 3.39. The average molecular weight is 510 g/mol. The smallest absolute Gasteiger partial charge is 0.193 e. The maximum atomic E-state index is 13.6. The fraction of sp³-hybridized carbons (Fsp3) is 0.588. The highest BCUT2D eigenvalue weighted by Gasteiger charge is 2.53. The van der Waals surface area contributed by atoms with Crippen molar-refractivity contribution in [2.24, 2.45) is 16.8 Å². The lowest BCUT2D eigenvalue weighted by Crippen LogP contribution is -2.41. The molecule has 0 aromatic heterocycles. The van der Waals surface area contributed by atoms with E-state index in [4.69, 9.17) is 4.74 Å². The van der Waals surface area contributed by atoms with Crippen LogP contribution in [-0.2, 0) is 11.3 Å². The fourth-order valence-corrected chi connectivity index (χ4v) is 4.54. The number of rotatable bonds is 2. The van der Waals surface area contributed by atoms with Gasteiger partial charge < -0.3 is 15.0 Å². The molecule has 0 saturated carbocycles. The molecule has 1 aromatic rings. The van der Waals surface area contributed by atoms with Crippen molar-refractivity contribution in [2.45, 2.75) is 31.6 Å². The van der Waals surface area contributed by atoms with E-state index in [1.54, 1.807) is 12.1 Å². The normalized spacial score (nSPS) is 31.1. The molecule has 0 aliphatic carbocycles. The molecule has 0 spiro atoms. The molecule has 3 aliphatic heterocycles. The summed E-state index contributed by atoms with van der Waals surface area (Å²) >= 11 is 3.18. The Balaban J connectivity index is 0.00000169. The van der Waals surface area contributed by atoms with Gasteiger partial charge in [0.1, 0.15) is 5.82 Å². The molecule has 0 amide bonds. The van der Waals surface area contributed by atoms with Crippen molar-refractivity contribution in [1.82, 2.24) is 10.2 Å². The summed E-state index contributed by atoms with van der Waals surface area (Å²) < 4.78 is 20.1. The Kier molecular flexibility index (Phi) is 5.71. The van der Waals surface area contributed by atoms with Gasteiger partial charge in [-0.2, -0.15) is 0 Å². The molecule has 3 heterocycles. The number of guanidine groups is 1. The Morgan fingerprint density at radius 3 is 2.58 bits per heavy atom. The van der Waals surface area contributed by atoms with E-state index in [1.807, 2.05) is 13.1 Å². The Labute approximate surface area is 167 Å². The first-order valence-electron chi connectivity index (χ1n) is 8.20. The Morgan fingerprint density at radius 1 is 1.33 bits per heavy atom. The molecular weight excluding hydrogens is 488 g/mol. The zero-order chi connectivity index (χ0) is 16.0. The van der Waals surface area contributed by atoms with Crippen molar-refractivity contribution < 1.29 is 9.13 Å². The van der Waals surface area contributed by atoms with Crippen molar-refractivity contribution >= 4 is 45.9 Å². The highest BCUT2D eigenvalue weighted by atomic mass is 127. The Bertz CT molecular complexity index is 626. The number of fused-ring (bicyclic) bond motifs is 5. The SMILES string of the molecule is CN=C(NCc1ccc(Br)c(F)c1)N1CC2C3CCC(O3)C2C1.I. The minimum Gasteiger partial charge on any atom is -0.374 e. The van der Waals surface area contributed by atoms with Crippen molar-refractivity contribution in [2.75, 3.05) is 20.1 Å². The van der Waals surface area contributed by atoms with Crippen LogP contribution in [0.1, 0.15) is 18.4 Å². The van der Waals surface area contributed by atoms with Crippen LogP contribution in [0, 0.1) is 17.7 Å². The van der Waals surface area contributed by atoms with E-state index in [0.29, 0.717) is 35.1 Å². The molecule has 4 rings (SSSR count). The number of likely N-dealkylation sites (tertiary alicyclic amines) is 1. The lowest BCUT2D eigenvalue weighted by Gasteiger charge is -2.23. The third kappa shape index (κ3) is 3.31. The van der Waals surface area contributed by atoms with Crippen molar-refractivity contribution in [3.8, 4) is 0 Å². The van der Waals surface area contributed by atoms with Crippen LogP contribution in [-0.4, -0.2) is 43.2 Å². The van der Waals surface area contributed by atoms with Crippen LogP contribution in [0.2, 0.25) is 0 Å². The lowest BCUT2D eigenvalue weighted by molar-refractivity contribution is 0.0767. The molecule has 4 unspecified atom stereocenters. The highest BCUT2D eigenvalue weighted by molar-refractivity contribution is 14.0. The van der Waals surface area contributed by atoms with Gasteiger partial charge in [-0.25, -0.2) is 4.39 Å². The largest absolute Gasteiger partial charge is 0.374 e. The monoisotopic (exact) mass is 509 g/mol. The average Bonchev–Trinajstić information content (AvgIpc) is 3.23. The minimum absolute atomic E-state index is 0. The lowest BCUT2D eigenvalue weighted by atomic mass is 9.82. The Morgan fingerprint density at radius 2 is 2.00 bits per heavy atom. The van der Waals surface area contributed by atoms with E-state index in [0.717, 1.165) is 24.6 Å². The van der Waals surface area contributed by atoms with Crippen LogP contribution in [0.15, 0.2) is 27.7 Å². The van der Waals surface area contributed by atoms with Gasteiger partial charge in [0, 0.05) is 38.5 Å². The molecule has 4 nitrogen and oxygen atoms in total. The zero-order valence-corrected chi connectivity index (χ0v) is 17.5. The minimum atomic E-state index is -0.233. The number of nitrogens with zero attached hydrogens (tertiary/aromatic N) is 2. The van der Waals surface area contributed by atoms with E-state index in [-0.39, 0.29) is 29.8 Å². The summed E-state index contributed by atoms with van der Waals surface area (Å²) in [5.41, 5.74) is 0.912. The van der Waals surface area contributed by atoms with Crippen LogP contribution >= 0.6 is 39.9 Å². The number of hydrogen-bond acceptors (Lipinski definition) is 2. The molecule has 24 heavy (non-hydrogen) atoms. The number of halogens is 3. The van der Waals surface area contributed by atoms with Gasteiger partial charge in [-0.1, -0.05) is 6.07 Å². The number of hydrogen-bond donors (Lipinski definition) is 1. The molecule has 1 aromatic carbocycles. The van der Waals surface area contributed by atoms with E-state index in [9.17, 15) is 4.39 Å². The van der Waals surface area contributed by atoms with Crippen LogP contribution in [0.5, 0.6) is 0 Å². The van der Waals surface area contributed by atoms with Crippen molar-refractivity contribution in [3.63, 3.8) is 0 Å². The first kappa shape index (κ1) is 18.4. The van der Waals surface area contributed by atoms with Gasteiger partial charge in [0.15, 0.2) is 5.96 Å². The summed E-state index contributed by atoms with van der Waals surface area (Å²) in [5.74, 6) is 1.97. The van der Waals surface area contributed by atoms with Crippen molar-refractivity contribution in [3.05, 3.63) is 34.1 Å². The summed E-state index contributed by atoms with van der Waals surface area (Å²) in [7, 11) is 1.81. The second kappa shape index (κ2) is 7.45. The first-order chi connectivity index (χ1) is 11.2. The molecule has 2 bridgehead atoms. The third-order valence-corrected chi connectivity index (χ3v) is 6.04. The number of benzene rings is 1. The third-order valence-electron chi connectivity index (χ3n) is 5.40. The second-order valence-corrected chi connectivity index (χ2v) is 7.53. The summed E-state index contributed by atoms with van der Waals surface area (Å²) in [4.78, 5) is 6.74. The maximum Gasteiger partial charge on any atom is 0.193 e. The summed E-state index contributed by atoms with van der Waals surface area (Å²) in [6.45, 7) is 2.60. The zero-order valence-electron chi connectivity index (χ0n) is 13.5. The van der Waals surface area contributed by atoms with E-state index in [2.05, 4.69) is 31.1 Å². The summed E-state index contributed by atoms with van der Waals surface area (Å²) in [6, 6.07) is 5.21. The predicted molar refractivity (Wildman–Crippen MR) is 106 cm³/mol. The molecule has 3 saturated heterocycles. The van der Waals surface area contributed by atoms with E-state index in [1.165, 1.54) is 12.8 Å². The van der Waals surface area contributed by atoms with E-state index >= 15 is 0 Å². The topological polar surface area (TPSA) is 36.9 Å². The molecular formula is C17H22BrFIN3O. The van der Waals surface area contributed by atoms with Crippen LogP contribution in [0.25, 0.3) is 0 Å².